The Hall–Kier alpha value is -1.76. The number of furan rings is 1. The zero-order chi connectivity index (χ0) is 13.2. The third-order valence-corrected chi connectivity index (χ3v) is 3.57. The van der Waals surface area contributed by atoms with Gasteiger partial charge >= 0.3 is 5.97 Å². The van der Waals surface area contributed by atoms with Gasteiger partial charge in [-0.3, -0.25) is 4.79 Å². The van der Waals surface area contributed by atoms with Crippen LogP contribution in [0.25, 0.3) is 11.6 Å². The molecule has 0 aliphatic heterocycles. The van der Waals surface area contributed by atoms with Gasteiger partial charge in [0.2, 0.25) is 11.7 Å². The lowest BCUT2D eigenvalue weighted by molar-refractivity contribution is -0.138. The molecule has 6 nitrogen and oxygen atoms in total. The molecule has 0 atom stereocenters. The molecule has 0 aromatic carbocycles. The second-order valence-corrected chi connectivity index (χ2v) is 5.69. The highest BCUT2D eigenvalue weighted by Gasteiger charge is 2.28. The highest BCUT2D eigenvalue weighted by atomic mass is 32.2. The van der Waals surface area contributed by atoms with Crippen molar-refractivity contribution in [3.05, 3.63) is 24.3 Å². The molecule has 0 bridgehead atoms. The molecular weight excluding hydrogens is 256 g/mol. The number of nitrogens with zero attached hydrogens (tertiary/aromatic N) is 2. The van der Waals surface area contributed by atoms with Crippen molar-refractivity contribution in [2.75, 3.05) is 0 Å². The molecule has 0 aliphatic carbocycles. The summed E-state index contributed by atoms with van der Waals surface area (Å²) in [5, 5.41) is 12.7. The first-order valence-electron chi connectivity index (χ1n) is 5.23. The average Bonchev–Trinajstić information content (AvgIpc) is 2.97. The van der Waals surface area contributed by atoms with Gasteiger partial charge < -0.3 is 14.0 Å². The first kappa shape index (κ1) is 12.7. The number of hydrogen-bond donors (Lipinski definition) is 1. The van der Waals surface area contributed by atoms with E-state index < -0.39 is 10.7 Å². The Bertz CT molecular complexity index is 533. The van der Waals surface area contributed by atoms with Crippen LogP contribution in [0, 0.1) is 0 Å². The Morgan fingerprint density at radius 2 is 2.33 bits per heavy atom. The van der Waals surface area contributed by atoms with Gasteiger partial charge in [0, 0.05) is 0 Å². The van der Waals surface area contributed by atoms with Crippen molar-refractivity contribution < 1.29 is 18.8 Å². The first-order valence-corrected chi connectivity index (χ1v) is 6.21. The zero-order valence-electron chi connectivity index (χ0n) is 9.91. The number of rotatable bonds is 5. The molecule has 18 heavy (non-hydrogen) atoms. The fourth-order valence-electron chi connectivity index (χ4n) is 1.12. The van der Waals surface area contributed by atoms with Crippen LogP contribution in [0.1, 0.15) is 19.7 Å². The highest BCUT2D eigenvalue weighted by molar-refractivity contribution is 8.00. The lowest BCUT2D eigenvalue weighted by Gasteiger charge is -2.16. The monoisotopic (exact) mass is 268 g/mol. The van der Waals surface area contributed by atoms with Crippen LogP contribution in [-0.2, 0) is 10.5 Å². The van der Waals surface area contributed by atoms with Crippen molar-refractivity contribution in [1.29, 1.82) is 0 Å². The Balaban J connectivity index is 2.02. The molecule has 7 heteroatoms. The maximum absolute atomic E-state index is 10.9. The minimum atomic E-state index is -0.890. The minimum absolute atomic E-state index is 0.340. The van der Waals surface area contributed by atoms with Crippen molar-refractivity contribution >= 4 is 17.7 Å². The van der Waals surface area contributed by atoms with E-state index in [4.69, 9.17) is 14.0 Å². The fourth-order valence-corrected chi connectivity index (χ4v) is 1.85. The van der Waals surface area contributed by atoms with Crippen molar-refractivity contribution in [2.45, 2.75) is 24.3 Å². The molecule has 0 saturated carbocycles. The topological polar surface area (TPSA) is 89.4 Å². The van der Waals surface area contributed by atoms with E-state index in [-0.39, 0.29) is 0 Å². The Kier molecular flexibility index (Phi) is 3.42. The summed E-state index contributed by atoms with van der Waals surface area (Å²) in [5.41, 5.74) is 0. The lowest BCUT2D eigenvalue weighted by Crippen LogP contribution is -2.27. The average molecular weight is 268 g/mol. The van der Waals surface area contributed by atoms with Gasteiger partial charge in [-0.05, 0) is 26.0 Å². The third-order valence-electron chi connectivity index (χ3n) is 2.28. The van der Waals surface area contributed by atoms with Crippen LogP contribution in [0.2, 0.25) is 0 Å². The molecular formula is C11H12N2O4S. The molecule has 2 rings (SSSR count). The molecule has 1 N–H and O–H groups in total. The van der Waals surface area contributed by atoms with Crippen LogP contribution < -0.4 is 0 Å². The molecule has 96 valence electrons. The number of aromatic nitrogens is 2. The maximum Gasteiger partial charge on any atom is 0.319 e. The van der Waals surface area contributed by atoms with E-state index in [0.29, 0.717) is 23.2 Å². The molecule has 0 radical (unpaired) electrons. The Morgan fingerprint density at radius 1 is 1.56 bits per heavy atom. The highest BCUT2D eigenvalue weighted by Crippen LogP contribution is 2.28. The van der Waals surface area contributed by atoms with Crippen LogP contribution >= 0.6 is 11.8 Å². The van der Waals surface area contributed by atoms with Gasteiger partial charge in [-0.25, -0.2) is 0 Å². The summed E-state index contributed by atoms with van der Waals surface area (Å²) in [6.45, 7) is 3.26. The van der Waals surface area contributed by atoms with Crippen molar-refractivity contribution in [3.63, 3.8) is 0 Å². The molecule has 0 fully saturated rings. The normalized spacial score (nSPS) is 11.7. The SMILES string of the molecule is CC(C)(SCc1nc(-c2ccco2)no1)C(=O)O. The Labute approximate surface area is 107 Å². The predicted octanol–water partition coefficient (Wildman–Crippen LogP) is 2.43. The zero-order valence-corrected chi connectivity index (χ0v) is 10.7. The minimum Gasteiger partial charge on any atom is -0.480 e. The van der Waals surface area contributed by atoms with E-state index in [0.717, 1.165) is 0 Å². The molecule has 2 aromatic heterocycles. The van der Waals surface area contributed by atoms with E-state index in [2.05, 4.69) is 10.1 Å². The van der Waals surface area contributed by atoms with Gasteiger partial charge in [-0.15, -0.1) is 11.8 Å². The van der Waals surface area contributed by atoms with Crippen LogP contribution in [0.15, 0.2) is 27.3 Å². The summed E-state index contributed by atoms with van der Waals surface area (Å²) in [4.78, 5) is 15.1. The van der Waals surface area contributed by atoms with E-state index >= 15 is 0 Å². The fraction of sp³-hybridized carbons (Fsp3) is 0.364. The number of carboxylic acid groups (broad SMARTS) is 1. The quantitative estimate of drug-likeness (QED) is 0.890. The second-order valence-electron chi connectivity index (χ2n) is 4.09. The summed E-state index contributed by atoms with van der Waals surface area (Å²) < 4.78 is 9.27. The first-order chi connectivity index (χ1) is 8.49. The largest absolute Gasteiger partial charge is 0.480 e. The smallest absolute Gasteiger partial charge is 0.319 e. The molecule has 2 aromatic rings. The molecule has 0 saturated heterocycles. The van der Waals surface area contributed by atoms with Crippen LogP contribution in [0.4, 0.5) is 0 Å². The summed E-state index contributed by atoms with van der Waals surface area (Å²) >= 11 is 1.22. The van der Waals surface area contributed by atoms with Gasteiger partial charge in [0.25, 0.3) is 0 Å². The maximum atomic E-state index is 10.9. The van der Waals surface area contributed by atoms with E-state index in [9.17, 15) is 4.79 Å². The van der Waals surface area contributed by atoms with Gasteiger partial charge in [0.15, 0.2) is 5.76 Å². The second kappa shape index (κ2) is 4.85. The standard InChI is InChI=1S/C11H12N2O4S/c1-11(2,10(14)15)18-6-8-12-9(13-17-8)7-4-3-5-16-7/h3-5H,6H2,1-2H3,(H,14,15). The van der Waals surface area contributed by atoms with Gasteiger partial charge in [-0.2, -0.15) is 4.98 Å². The van der Waals surface area contributed by atoms with Crippen molar-refractivity contribution in [2.24, 2.45) is 0 Å². The molecule has 0 unspecified atom stereocenters. The van der Waals surface area contributed by atoms with E-state index in [1.807, 2.05) is 0 Å². The van der Waals surface area contributed by atoms with Crippen LogP contribution in [-0.4, -0.2) is 26.0 Å². The van der Waals surface area contributed by atoms with Gasteiger partial charge in [-0.1, -0.05) is 5.16 Å². The summed E-state index contributed by atoms with van der Waals surface area (Å²) in [6.07, 6.45) is 1.52. The number of carbonyl (C=O) groups is 1. The predicted molar refractivity (Wildman–Crippen MR) is 65.0 cm³/mol. The lowest BCUT2D eigenvalue weighted by atomic mass is 10.2. The van der Waals surface area contributed by atoms with Crippen LogP contribution in [0.5, 0.6) is 0 Å². The Morgan fingerprint density at radius 3 is 2.94 bits per heavy atom. The van der Waals surface area contributed by atoms with E-state index in [1.165, 1.54) is 18.0 Å². The number of thioether (sulfide) groups is 1. The van der Waals surface area contributed by atoms with Gasteiger partial charge in [0.05, 0.1) is 12.0 Å². The summed E-state index contributed by atoms with van der Waals surface area (Å²) in [6, 6.07) is 3.45. The third kappa shape index (κ3) is 2.73. The summed E-state index contributed by atoms with van der Waals surface area (Å²) in [5.74, 6) is 0.725. The molecule has 0 aliphatic rings. The number of hydrogen-bond acceptors (Lipinski definition) is 6. The summed E-state index contributed by atoms with van der Waals surface area (Å²) in [7, 11) is 0. The van der Waals surface area contributed by atoms with Crippen molar-refractivity contribution in [3.8, 4) is 11.6 Å². The number of aliphatic carboxylic acids is 1. The van der Waals surface area contributed by atoms with E-state index in [1.54, 1.807) is 26.0 Å². The molecule has 0 amide bonds. The molecule has 2 heterocycles. The molecule has 0 spiro atoms. The van der Waals surface area contributed by atoms with Crippen LogP contribution in [0.3, 0.4) is 0 Å². The van der Waals surface area contributed by atoms with Gasteiger partial charge in [0.1, 0.15) is 4.75 Å². The van der Waals surface area contributed by atoms with Crippen molar-refractivity contribution in [1.82, 2.24) is 10.1 Å². The number of carboxylic acids is 1.